The van der Waals surface area contributed by atoms with E-state index in [1.54, 1.807) is 37.4 Å². The van der Waals surface area contributed by atoms with Crippen molar-refractivity contribution >= 4 is 27.5 Å². The van der Waals surface area contributed by atoms with Gasteiger partial charge in [-0.2, -0.15) is 4.99 Å². The van der Waals surface area contributed by atoms with Gasteiger partial charge in [-0.1, -0.05) is 29.5 Å². The number of fused-ring (bicyclic) bond motifs is 1. The van der Waals surface area contributed by atoms with Crippen molar-refractivity contribution in [1.82, 2.24) is 4.57 Å². The number of carbonyl (C=O) groups is 1. The fourth-order valence-corrected chi connectivity index (χ4v) is 3.34. The highest BCUT2D eigenvalue weighted by Gasteiger charge is 2.09. The number of halogens is 1. The first-order chi connectivity index (χ1) is 11.2. The minimum atomic E-state index is -0.316. The second kappa shape index (κ2) is 6.85. The lowest BCUT2D eigenvalue weighted by atomic mass is 10.2. The minimum Gasteiger partial charge on any atom is -0.383 e. The molecule has 118 valence electrons. The zero-order valence-corrected chi connectivity index (χ0v) is 13.3. The van der Waals surface area contributed by atoms with Crippen LogP contribution in [-0.2, 0) is 11.3 Å². The molecule has 1 heterocycles. The number of rotatable bonds is 4. The summed E-state index contributed by atoms with van der Waals surface area (Å²) in [6.45, 7) is 1.03. The molecule has 0 bridgehead atoms. The van der Waals surface area contributed by atoms with E-state index in [9.17, 15) is 9.18 Å². The maximum atomic E-state index is 13.4. The van der Waals surface area contributed by atoms with Crippen molar-refractivity contribution in [1.29, 1.82) is 0 Å². The molecule has 0 aliphatic heterocycles. The van der Waals surface area contributed by atoms with Crippen LogP contribution in [0.25, 0.3) is 10.2 Å². The van der Waals surface area contributed by atoms with Crippen LogP contribution in [0, 0.1) is 5.82 Å². The fourth-order valence-electron chi connectivity index (χ4n) is 2.26. The first kappa shape index (κ1) is 15.6. The van der Waals surface area contributed by atoms with Crippen molar-refractivity contribution in [3.05, 3.63) is 64.7 Å². The van der Waals surface area contributed by atoms with Crippen LogP contribution in [0.1, 0.15) is 10.4 Å². The highest BCUT2D eigenvalue weighted by Crippen LogP contribution is 2.18. The Morgan fingerprint density at radius 2 is 2.04 bits per heavy atom. The summed E-state index contributed by atoms with van der Waals surface area (Å²) in [6.07, 6.45) is 0. The molecule has 0 aliphatic rings. The van der Waals surface area contributed by atoms with Crippen molar-refractivity contribution in [2.24, 2.45) is 4.99 Å². The predicted octanol–water partition coefficient (Wildman–Crippen LogP) is 3.23. The summed E-state index contributed by atoms with van der Waals surface area (Å²) in [4.78, 5) is 17.1. The molecule has 0 saturated carbocycles. The third kappa shape index (κ3) is 3.38. The smallest absolute Gasteiger partial charge is 0.279 e. The number of methoxy groups -OCH3 is 1. The van der Waals surface area contributed by atoms with Gasteiger partial charge in [0.25, 0.3) is 5.91 Å². The molecule has 0 fully saturated rings. The van der Waals surface area contributed by atoms with E-state index in [0.717, 1.165) is 10.2 Å². The predicted molar refractivity (Wildman–Crippen MR) is 88.0 cm³/mol. The molecule has 23 heavy (non-hydrogen) atoms. The average Bonchev–Trinajstić information content (AvgIpc) is 2.89. The molecule has 0 unspecified atom stereocenters. The lowest BCUT2D eigenvalue weighted by Crippen LogP contribution is -2.19. The van der Waals surface area contributed by atoms with E-state index < -0.39 is 0 Å². The molecule has 3 rings (SSSR count). The summed E-state index contributed by atoms with van der Waals surface area (Å²) in [7, 11) is 1.61. The zero-order valence-electron chi connectivity index (χ0n) is 12.5. The fraction of sp³-hybridized carbons (Fsp3) is 0.176. The van der Waals surface area contributed by atoms with Crippen molar-refractivity contribution < 1.29 is 13.9 Å². The van der Waals surface area contributed by atoms with E-state index in [2.05, 4.69) is 4.99 Å². The van der Waals surface area contributed by atoms with E-state index in [1.165, 1.54) is 23.5 Å². The first-order valence-corrected chi connectivity index (χ1v) is 7.92. The van der Waals surface area contributed by atoms with Gasteiger partial charge in [-0.3, -0.25) is 4.79 Å². The average molecular weight is 330 g/mol. The van der Waals surface area contributed by atoms with Crippen LogP contribution in [0.4, 0.5) is 4.39 Å². The van der Waals surface area contributed by atoms with Crippen molar-refractivity contribution in [2.75, 3.05) is 13.7 Å². The van der Waals surface area contributed by atoms with Crippen LogP contribution in [0.2, 0.25) is 0 Å². The van der Waals surface area contributed by atoms with Gasteiger partial charge in [0.05, 0.1) is 16.8 Å². The zero-order chi connectivity index (χ0) is 16.2. The van der Waals surface area contributed by atoms with Gasteiger partial charge >= 0.3 is 0 Å². The van der Waals surface area contributed by atoms with Crippen molar-refractivity contribution in [2.45, 2.75) is 6.54 Å². The molecule has 0 aliphatic carbocycles. The number of ether oxygens (including phenoxy) is 1. The summed E-state index contributed by atoms with van der Waals surface area (Å²) in [5.41, 5.74) is 1.36. The molecular weight excluding hydrogens is 315 g/mol. The Hall–Kier alpha value is -2.31. The van der Waals surface area contributed by atoms with Crippen LogP contribution in [0.15, 0.2) is 53.5 Å². The van der Waals surface area contributed by atoms with Crippen LogP contribution in [0.5, 0.6) is 0 Å². The van der Waals surface area contributed by atoms with E-state index in [-0.39, 0.29) is 11.7 Å². The van der Waals surface area contributed by atoms with Crippen LogP contribution >= 0.6 is 11.3 Å². The molecule has 1 aromatic heterocycles. The third-order valence-corrected chi connectivity index (χ3v) is 4.42. The summed E-state index contributed by atoms with van der Waals surface area (Å²) >= 11 is 1.29. The van der Waals surface area contributed by atoms with Crippen LogP contribution in [0.3, 0.4) is 0 Å². The first-order valence-electron chi connectivity index (χ1n) is 7.11. The molecule has 0 spiro atoms. The molecule has 1 amide bonds. The Kier molecular flexibility index (Phi) is 4.64. The molecular formula is C17H15FN2O2S. The van der Waals surface area contributed by atoms with Gasteiger partial charge in [0, 0.05) is 19.2 Å². The van der Waals surface area contributed by atoms with Gasteiger partial charge in [0.2, 0.25) is 0 Å². The van der Waals surface area contributed by atoms with Gasteiger partial charge in [-0.05, 0) is 30.3 Å². The second-order valence-corrected chi connectivity index (χ2v) is 5.93. The Labute approximate surface area is 136 Å². The quantitative estimate of drug-likeness (QED) is 0.737. The topological polar surface area (TPSA) is 43.6 Å². The normalized spacial score (nSPS) is 12.0. The van der Waals surface area contributed by atoms with Gasteiger partial charge in [-0.15, -0.1) is 0 Å². The maximum absolute atomic E-state index is 13.4. The van der Waals surface area contributed by atoms with Gasteiger partial charge in [0.15, 0.2) is 4.80 Å². The Morgan fingerprint density at radius 1 is 1.26 bits per heavy atom. The summed E-state index contributed by atoms with van der Waals surface area (Å²) in [5.74, 6) is -0.623. The van der Waals surface area contributed by atoms with Gasteiger partial charge in [0.1, 0.15) is 5.82 Å². The molecule has 0 radical (unpaired) electrons. The maximum Gasteiger partial charge on any atom is 0.279 e. The number of nitrogens with zero attached hydrogens (tertiary/aromatic N) is 2. The third-order valence-electron chi connectivity index (χ3n) is 3.38. The summed E-state index contributed by atoms with van der Waals surface area (Å²) in [5, 5.41) is 0. The SMILES string of the molecule is COCCn1c(=NC(=O)c2ccccc2)sc2cc(F)ccc21. The van der Waals surface area contributed by atoms with E-state index in [1.807, 2.05) is 10.6 Å². The molecule has 6 heteroatoms. The number of amides is 1. The number of hydrogen-bond donors (Lipinski definition) is 0. The number of aromatic nitrogens is 1. The lowest BCUT2D eigenvalue weighted by Gasteiger charge is -2.04. The minimum absolute atomic E-state index is 0.307. The Balaban J connectivity index is 2.11. The van der Waals surface area contributed by atoms with Gasteiger partial charge < -0.3 is 9.30 Å². The molecule has 3 aromatic rings. The largest absolute Gasteiger partial charge is 0.383 e. The molecule has 0 N–H and O–H groups in total. The summed E-state index contributed by atoms with van der Waals surface area (Å²) in [6, 6.07) is 13.4. The second-order valence-electron chi connectivity index (χ2n) is 4.92. The van der Waals surface area contributed by atoms with Crippen molar-refractivity contribution in [3.8, 4) is 0 Å². The van der Waals surface area contributed by atoms with Crippen LogP contribution < -0.4 is 4.80 Å². The Bertz CT molecular complexity index is 900. The molecule has 0 saturated heterocycles. The highest BCUT2D eigenvalue weighted by molar-refractivity contribution is 7.16. The van der Waals surface area contributed by atoms with Gasteiger partial charge in [-0.25, -0.2) is 4.39 Å². The van der Waals surface area contributed by atoms with E-state index >= 15 is 0 Å². The summed E-state index contributed by atoms with van der Waals surface area (Å²) < 4.78 is 21.2. The number of hydrogen-bond acceptors (Lipinski definition) is 3. The van der Waals surface area contributed by atoms with Crippen LogP contribution in [-0.4, -0.2) is 24.2 Å². The molecule has 4 nitrogen and oxygen atoms in total. The lowest BCUT2D eigenvalue weighted by molar-refractivity contribution is 0.0997. The van der Waals surface area contributed by atoms with Crippen molar-refractivity contribution in [3.63, 3.8) is 0 Å². The monoisotopic (exact) mass is 330 g/mol. The number of benzene rings is 2. The highest BCUT2D eigenvalue weighted by atomic mass is 32.1. The Morgan fingerprint density at radius 3 is 2.78 bits per heavy atom. The molecule has 2 aromatic carbocycles. The molecule has 0 atom stereocenters. The number of thiazole rings is 1. The van der Waals surface area contributed by atoms with E-state index in [0.29, 0.717) is 23.5 Å². The van der Waals surface area contributed by atoms with E-state index in [4.69, 9.17) is 4.74 Å². The number of carbonyl (C=O) groups excluding carboxylic acids is 1. The standard InChI is InChI=1S/C17H15FN2O2S/c1-22-10-9-20-14-8-7-13(18)11-15(14)23-17(20)19-16(21)12-5-3-2-4-6-12/h2-8,11H,9-10H2,1H3.